The van der Waals surface area contributed by atoms with Crippen LogP contribution in [0, 0.1) is 0 Å². The Balaban J connectivity index is 1.65. The number of likely N-dealkylation sites (tertiary alicyclic amines) is 1. The van der Waals surface area contributed by atoms with Crippen LogP contribution in [0.4, 0.5) is 4.79 Å². The van der Waals surface area contributed by atoms with Crippen molar-refractivity contribution in [1.29, 1.82) is 0 Å². The van der Waals surface area contributed by atoms with Gasteiger partial charge >= 0.3 is 12.1 Å². The second-order valence-corrected chi connectivity index (χ2v) is 14.2. The van der Waals surface area contributed by atoms with Gasteiger partial charge in [0.15, 0.2) is 5.12 Å². The Morgan fingerprint density at radius 2 is 1.44 bits per heavy atom. The standard InChI is InChI=1S/C39H43N3O5S/c1-6-46-36(44)26-34-25-33(40-42(34)37(45)47-38(3,4)5)24-29-27-41(23-22-35(29)48-28(2)43)39(30-16-10-7-11-17-30,31-18-12-8-13-19-31)32-20-14-9-15-21-32/h7-21,24-25,35H,6,22-23,26-27H2,1-5H3/b29-24-. The second-order valence-electron chi connectivity index (χ2n) is 12.8. The quantitative estimate of drug-likeness (QED) is 0.134. The summed E-state index contributed by atoms with van der Waals surface area (Å²) < 4.78 is 12.0. The molecule has 1 aliphatic rings. The Kier molecular flexibility index (Phi) is 11.0. The molecule has 1 aromatic heterocycles. The normalized spacial score (nSPS) is 16.4. The van der Waals surface area contributed by atoms with Crippen molar-refractivity contribution in [3.63, 3.8) is 0 Å². The number of nitrogens with zero attached hydrogens (tertiary/aromatic N) is 3. The average Bonchev–Trinajstić information content (AvgIpc) is 3.45. The number of piperidine rings is 1. The van der Waals surface area contributed by atoms with Gasteiger partial charge in [-0.05, 0) is 68.5 Å². The predicted molar refractivity (Wildman–Crippen MR) is 190 cm³/mol. The van der Waals surface area contributed by atoms with Gasteiger partial charge in [-0.2, -0.15) is 9.78 Å². The monoisotopic (exact) mass is 665 g/mol. The van der Waals surface area contributed by atoms with Gasteiger partial charge < -0.3 is 9.47 Å². The van der Waals surface area contributed by atoms with Crippen LogP contribution >= 0.6 is 11.8 Å². The van der Waals surface area contributed by atoms with Crippen molar-refractivity contribution in [3.8, 4) is 0 Å². The number of benzene rings is 3. The summed E-state index contributed by atoms with van der Waals surface area (Å²) in [5.74, 6) is -0.464. The van der Waals surface area contributed by atoms with Crippen LogP contribution in [0.2, 0.25) is 0 Å². The maximum Gasteiger partial charge on any atom is 0.435 e. The first-order valence-corrected chi connectivity index (χ1v) is 17.2. The lowest BCUT2D eigenvalue weighted by Gasteiger charge is -2.49. The molecule has 3 aromatic carbocycles. The van der Waals surface area contributed by atoms with Gasteiger partial charge in [-0.3, -0.25) is 14.5 Å². The van der Waals surface area contributed by atoms with Crippen LogP contribution < -0.4 is 0 Å². The maximum absolute atomic E-state index is 13.2. The SMILES string of the molecule is CCOC(=O)Cc1cc(/C=C2/CN(C(c3ccccc3)(c3ccccc3)c3ccccc3)CCC2SC(C)=O)nn1C(=O)OC(C)(C)C. The lowest BCUT2D eigenvalue weighted by atomic mass is 9.74. The Morgan fingerprint density at radius 3 is 1.92 bits per heavy atom. The number of hydrogen-bond donors (Lipinski definition) is 0. The zero-order valence-corrected chi connectivity index (χ0v) is 29.0. The first-order valence-electron chi connectivity index (χ1n) is 16.3. The highest BCUT2D eigenvalue weighted by Gasteiger charge is 2.44. The molecular weight excluding hydrogens is 623 g/mol. The number of carbonyl (C=O) groups is 3. The third kappa shape index (κ3) is 7.97. The summed E-state index contributed by atoms with van der Waals surface area (Å²) in [6.07, 6.45) is 1.85. The lowest BCUT2D eigenvalue weighted by molar-refractivity contribution is -0.142. The predicted octanol–water partition coefficient (Wildman–Crippen LogP) is 7.50. The van der Waals surface area contributed by atoms with E-state index in [0.717, 1.165) is 33.5 Å². The van der Waals surface area contributed by atoms with Crippen LogP contribution in [0.5, 0.6) is 0 Å². The summed E-state index contributed by atoms with van der Waals surface area (Å²) in [6, 6.07) is 33.2. The molecular formula is C39H43N3O5S. The Morgan fingerprint density at radius 1 is 0.896 bits per heavy atom. The fourth-order valence-corrected chi connectivity index (χ4v) is 7.27. The number of carbonyl (C=O) groups excluding carboxylic acids is 3. The fraction of sp³-hybridized carbons (Fsp3) is 0.333. The van der Waals surface area contributed by atoms with Gasteiger partial charge in [-0.1, -0.05) is 103 Å². The number of ether oxygens (including phenoxy) is 2. The van der Waals surface area contributed by atoms with E-state index in [0.29, 0.717) is 24.4 Å². The first kappa shape index (κ1) is 34.9. The van der Waals surface area contributed by atoms with Crippen LogP contribution in [0.1, 0.15) is 69.1 Å². The van der Waals surface area contributed by atoms with Gasteiger partial charge in [-0.25, -0.2) is 4.79 Å². The van der Waals surface area contributed by atoms with Crippen molar-refractivity contribution in [2.24, 2.45) is 0 Å². The molecule has 2 heterocycles. The lowest BCUT2D eigenvalue weighted by Crippen LogP contribution is -2.52. The zero-order chi connectivity index (χ0) is 34.3. The van der Waals surface area contributed by atoms with Crippen LogP contribution in [-0.2, 0) is 31.0 Å². The first-order chi connectivity index (χ1) is 23.0. The highest BCUT2D eigenvalue weighted by molar-refractivity contribution is 8.14. The van der Waals surface area contributed by atoms with Crippen LogP contribution in [0.25, 0.3) is 6.08 Å². The number of hydrogen-bond acceptors (Lipinski definition) is 8. The minimum absolute atomic E-state index is 0.0297. The number of esters is 1. The van der Waals surface area contributed by atoms with Gasteiger partial charge in [0.05, 0.1) is 30.0 Å². The van der Waals surface area contributed by atoms with Crippen molar-refractivity contribution in [1.82, 2.24) is 14.7 Å². The molecule has 1 atom stereocenters. The average molecular weight is 666 g/mol. The molecule has 0 amide bonds. The van der Waals surface area contributed by atoms with Crippen molar-refractivity contribution in [2.45, 2.75) is 63.9 Å². The number of thioether (sulfide) groups is 1. The van der Waals surface area contributed by atoms with Gasteiger partial charge in [0.2, 0.25) is 0 Å². The molecule has 0 bridgehead atoms. The minimum Gasteiger partial charge on any atom is -0.466 e. The van der Waals surface area contributed by atoms with Crippen LogP contribution in [0.15, 0.2) is 103 Å². The van der Waals surface area contributed by atoms with E-state index in [-0.39, 0.29) is 23.4 Å². The summed E-state index contributed by atoms with van der Waals surface area (Å²) in [5.41, 5.74) is 3.85. The third-order valence-corrected chi connectivity index (χ3v) is 9.29. The molecule has 0 N–H and O–H groups in total. The number of aromatic nitrogens is 2. The van der Waals surface area contributed by atoms with E-state index >= 15 is 0 Å². The Bertz CT molecular complexity index is 1650. The number of rotatable bonds is 9. The van der Waals surface area contributed by atoms with Crippen molar-refractivity contribution >= 4 is 35.0 Å². The third-order valence-electron chi connectivity index (χ3n) is 8.14. The molecule has 1 aliphatic heterocycles. The molecule has 0 spiro atoms. The van der Waals surface area contributed by atoms with E-state index in [1.165, 1.54) is 11.8 Å². The van der Waals surface area contributed by atoms with Crippen molar-refractivity contribution in [3.05, 3.63) is 131 Å². The fourth-order valence-electron chi connectivity index (χ4n) is 6.36. The van der Waals surface area contributed by atoms with E-state index in [1.807, 2.05) is 24.3 Å². The summed E-state index contributed by atoms with van der Waals surface area (Å²) in [7, 11) is 0. The Hall–Kier alpha value is -4.47. The molecule has 0 radical (unpaired) electrons. The van der Waals surface area contributed by atoms with Crippen LogP contribution in [0.3, 0.4) is 0 Å². The molecule has 8 nitrogen and oxygen atoms in total. The molecule has 1 saturated heterocycles. The van der Waals surface area contributed by atoms with Gasteiger partial charge in [-0.15, -0.1) is 0 Å². The summed E-state index contributed by atoms with van der Waals surface area (Å²) in [5, 5.41) is 4.55. The smallest absolute Gasteiger partial charge is 0.435 e. The molecule has 0 saturated carbocycles. The van der Waals surface area contributed by atoms with Crippen molar-refractivity contribution < 1.29 is 23.9 Å². The van der Waals surface area contributed by atoms with E-state index in [9.17, 15) is 14.4 Å². The summed E-state index contributed by atoms with van der Waals surface area (Å²) in [4.78, 5) is 40.7. The summed E-state index contributed by atoms with van der Waals surface area (Å²) >= 11 is 1.31. The van der Waals surface area contributed by atoms with E-state index in [2.05, 4.69) is 82.8 Å². The summed E-state index contributed by atoms with van der Waals surface area (Å²) in [6.45, 7) is 10.1. The molecule has 9 heteroatoms. The molecule has 48 heavy (non-hydrogen) atoms. The minimum atomic E-state index is -0.758. The molecule has 1 fully saturated rings. The van der Waals surface area contributed by atoms with E-state index in [4.69, 9.17) is 9.47 Å². The largest absolute Gasteiger partial charge is 0.466 e. The van der Waals surface area contributed by atoms with Crippen molar-refractivity contribution in [2.75, 3.05) is 19.7 Å². The van der Waals surface area contributed by atoms with E-state index < -0.39 is 23.2 Å². The molecule has 4 aromatic rings. The van der Waals surface area contributed by atoms with Gasteiger partial charge in [0.25, 0.3) is 0 Å². The molecule has 5 rings (SSSR count). The van der Waals surface area contributed by atoms with Gasteiger partial charge in [0, 0.05) is 25.3 Å². The topological polar surface area (TPSA) is 90.7 Å². The Labute approximate surface area is 287 Å². The highest BCUT2D eigenvalue weighted by Crippen LogP contribution is 2.45. The highest BCUT2D eigenvalue weighted by atomic mass is 32.2. The molecule has 0 aliphatic carbocycles. The molecule has 1 unspecified atom stereocenters. The van der Waals surface area contributed by atoms with E-state index in [1.54, 1.807) is 40.7 Å². The molecule has 250 valence electrons. The second kappa shape index (κ2) is 15.2. The zero-order valence-electron chi connectivity index (χ0n) is 28.2. The van der Waals surface area contributed by atoms with Crippen LogP contribution in [-0.4, -0.2) is 62.4 Å². The van der Waals surface area contributed by atoms with Gasteiger partial charge in [0.1, 0.15) is 5.60 Å². The maximum atomic E-state index is 13.2.